The zero-order valence-corrected chi connectivity index (χ0v) is 14.9. The molecular weight excluding hydrogens is 417 g/mol. The molecule has 160 valence electrons. The largest absolute Gasteiger partial charge is 0.437 e. The van der Waals surface area contributed by atoms with Crippen molar-refractivity contribution in [1.29, 1.82) is 0 Å². The summed E-state index contributed by atoms with van der Waals surface area (Å²) in [6.45, 7) is -3.32. The number of benzene rings is 1. The molecule has 0 spiro atoms. The van der Waals surface area contributed by atoms with Crippen LogP contribution in [0.15, 0.2) is 48.8 Å². The minimum atomic E-state index is -5.48. The van der Waals surface area contributed by atoms with E-state index in [0.717, 1.165) is 18.3 Å². The van der Waals surface area contributed by atoms with Crippen LogP contribution in [0.2, 0.25) is 0 Å². The lowest BCUT2D eigenvalue weighted by atomic mass is 9.77. The fourth-order valence-electron chi connectivity index (χ4n) is 3.23. The van der Waals surface area contributed by atoms with Gasteiger partial charge in [-0.15, -0.1) is 0 Å². The van der Waals surface area contributed by atoms with Crippen LogP contribution in [0, 0.1) is 5.92 Å². The first-order chi connectivity index (χ1) is 14.0. The van der Waals surface area contributed by atoms with Crippen LogP contribution in [0.4, 0.5) is 26.7 Å². The summed E-state index contributed by atoms with van der Waals surface area (Å²) in [5, 5.41) is 13.9. The zero-order valence-electron chi connectivity index (χ0n) is 14.9. The number of alkyl halides is 5. The number of ether oxygens (including phenoxy) is 1. The van der Waals surface area contributed by atoms with Gasteiger partial charge < -0.3 is 20.5 Å². The molecule has 2 amide bonds. The lowest BCUT2D eigenvalue weighted by Gasteiger charge is -2.45. The highest BCUT2D eigenvalue weighted by molar-refractivity contribution is 6.00. The normalized spacial score (nSPS) is 24.2. The molecule has 0 radical (unpaired) electrons. The van der Waals surface area contributed by atoms with Gasteiger partial charge in [0.25, 0.3) is 0 Å². The third-order valence-corrected chi connectivity index (χ3v) is 4.50. The van der Waals surface area contributed by atoms with Gasteiger partial charge in [-0.05, 0) is 18.2 Å². The minimum Gasteiger partial charge on any atom is -0.434 e. The van der Waals surface area contributed by atoms with E-state index in [-0.39, 0.29) is 11.1 Å². The summed E-state index contributed by atoms with van der Waals surface area (Å²) in [7, 11) is 0. The molecule has 2 heterocycles. The predicted octanol–water partition coefficient (Wildman–Crippen LogP) is 2.79. The number of para-hydroxylation sites is 1. The Kier molecular flexibility index (Phi) is 5.61. The second-order valence-corrected chi connectivity index (χ2v) is 6.34. The molecule has 1 aliphatic heterocycles. The number of carbonyl (C=O) groups excluding carboxylic acids is 2. The van der Waals surface area contributed by atoms with E-state index in [1.54, 1.807) is 0 Å². The van der Waals surface area contributed by atoms with Gasteiger partial charge in [0.05, 0.1) is 6.04 Å². The Morgan fingerprint density at radius 2 is 1.90 bits per heavy atom. The number of rotatable bonds is 5. The van der Waals surface area contributed by atoms with Gasteiger partial charge in [-0.3, -0.25) is 9.78 Å². The number of Topliss-reactive ketones (excluding diaryl/α,β-unsaturated/α-hetero) is 1. The standard InChI is InChI=1S/C18H14F5N3O4/c19-15(20)30-11-6-2-1-5-10(11)13-12(14(27)9-4-3-7-24-8-9)17(29,18(21,22)23)26-16(28)25-13/h1-8,12-13,15,29H,(H2,25,26,28)/t12-,13+,17-/m0/s1. The Bertz CT molecular complexity index is 941. The van der Waals surface area contributed by atoms with E-state index in [4.69, 9.17) is 0 Å². The maximum atomic E-state index is 13.8. The molecule has 1 aromatic carbocycles. The molecule has 1 saturated heterocycles. The van der Waals surface area contributed by atoms with E-state index in [9.17, 15) is 36.6 Å². The van der Waals surface area contributed by atoms with Crippen molar-refractivity contribution in [2.45, 2.75) is 24.6 Å². The summed E-state index contributed by atoms with van der Waals surface area (Å²) < 4.78 is 71.3. The van der Waals surface area contributed by atoms with Gasteiger partial charge in [0, 0.05) is 23.5 Å². The Balaban J connectivity index is 2.19. The number of hydrogen-bond donors (Lipinski definition) is 3. The van der Waals surface area contributed by atoms with Crippen LogP contribution in [-0.4, -0.2) is 40.4 Å². The van der Waals surface area contributed by atoms with E-state index < -0.39 is 48.0 Å². The molecule has 0 aliphatic carbocycles. The van der Waals surface area contributed by atoms with Gasteiger partial charge in [-0.1, -0.05) is 18.2 Å². The Morgan fingerprint density at radius 3 is 2.50 bits per heavy atom. The van der Waals surface area contributed by atoms with E-state index in [1.807, 2.05) is 0 Å². The molecule has 30 heavy (non-hydrogen) atoms. The number of nitrogens with one attached hydrogen (secondary N) is 2. The van der Waals surface area contributed by atoms with Crippen molar-refractivity contribution in [3.63, 3.8) is 0 Å². The van der Waals surface area contributed by atoms with Crippen LogP contribution in [0.3, 0.4) is 0 Å². The fraction of sp³-hybridized carbons (Fsp3) is 0.278. The summed E-state index contributed by atoms with van der Waals surface area (Å²) in [5.74, 6) is -4.18. The average Bonchev–Trinajstić information content (AvgIpc) is 2.67. The molecule has 3 atom stereocenters. The summed E-state index contributed by atoms with van der Waals surface area (Å²) in [4.78, 5) is 28.6. The van der Waals surface area contributed by atoms with Crippen molar-refractivity contribution >= 4 is 11.8 Å². The van der Waals surface area contributed by atoms with Gasteiger partial charge in [0.15, 0.2) is 5.78 Å². The number of urea groups is 1. The summed E-state index contributed by atoms with van der Waals surface area (Å²) in [5.41, 5.74) is -4.64. The third kappa shape index (κ3) is 3.90. The van der Waals surface area contributed by atoms with Crippen molar-refractivity contribution in [2.24, 2.45) is 5.92 Å². The van der Waals surface area contributed by atoms with E-state index in [1.165, 1.54) is 35.8 Å². The lowest BCUT2D eigenvalue weighted by Crippen LogP contribution is -2.72. The second kappa shape index (κ2) is 7.86. The predicted molar refractivity (Wildman–Crippen MR) is 90.5 cm³/mol. The number of pyridine rings is 1. The highest BCUT2D eigenvalue weighted by Crippen LogP contribution is 2.45. The molecule has 3 N–H and O–H groups in total. The third-order valence-electron chi connectivity index (χ3n) is 4.50. The van der Waals surface area contributed by atoms with Crippen LogP contribution < -0.4 is 15.4 Å². The van der Waals surface area contributed by atoms with Gasteiger partial charge in [0.2, 0.25) is 5.72 Å². The monoisotopic (exact) mass is 431 g/mol. The van der Waals surface area contributed by atoms with E-state index in [2.05, 4.69) is 15.0 Å². The number of nitrogens with zero attached hydrogens (tertiary/aromatic N) is 1. The highest BCUT2D eigenvalue weighted by Gasteiger charge is 2.66. The highest BCUT2D eigenvalue weighted by atomic mass is 19.4. The molecule has 3 rings (SSSR count). The van der Waals surface area contributed by atoms with Gasteiger partial charge in [-0.2, -0.15) is 22.0 Å². The molecule has 0 saturated carbocycles. The molecule has 12 heteroatoms. The van der Waals surface area contributed by atoms with Crippen molar-refractivity contribution < 1.29 is 41.4 Å². The molecule has 0 bridgehead atoms. The topological polar surface area (TPSA) is 101 Å². The minimum absolute atomic E-state index is 0.291. The first kappa shape index (κ1) is 21.4. The summed E-state index contributed by atoms with van der Waals surface area (Å²) >= 11 is 0. The molecule has 1 aromatic heterocycles. The number of ketones is 1. The molecule has 7 nitrogen and oxygen atoms in total. The zero-order chi connectivity index (χ0) is 22.1. The number of carbonyl (C=O) groups is 2. The Labute approximate surface area is 165 Å². The number of aliphatic hydroxyl groups is 1. The van der Waals surface area contributed by atoms with Crippen LogP contribution >= 0.6 is 0 Å². The average molecular weight is 431 g/mol. The van der Waals surface area contributed by atoms with Crippen molar-refractivity contribution in [3.8, 4) is 5.75 Å². The summed E-state index contributed by atoms with van der Waals surface area (Å²) in [6, 6.07) is 3.86. The Morgan fingerprint density at radius 1 is 1.20 bits per heavy atom. The van der Waals surface area contributed by atoms with E-state index >= 15 is 0 Å². The fourth-order valence-corrected chi connectivity index (χ4v) is 3.23. The molecular formula is C18H14F5N3O4. The number of amides is 2. The van der Waals surface area contributed by atoms with Gasteiger partial charge >= 0.3 is 18.8 Å². The molecule has 1 aliphatic rings. The van der Waals surface area contributed by atoms with Crippen LogP contribution in [-0.2, 0) is 0 Å². The van der Waals surface area contributed by atoms with Crippen molar-refractivity contribution in [2.75, 3.05) is 0 Å². The number of hydrogen-bond acceptors (Lipinski definition) is 5. The number of halogens is 5. The smallest absolute Gasteiger partial charge is 0.434 e. The first-order valence-electron chi connectivity index (χ1n) is 8.40. The SMILES string of the molecule is O=C1N[C@H](c2ccccc2OC(F)F)[C@@H](C(=O)c2cccnc2)[C@](O)(C(F)(F)F)N1. The first-order valence-corrected chi connectivity index (χ1v) is 8.40. The van der Waals surface area contributed by atoms with Crippen molar-refractivity contribution in [1.82, 2.24) is 15.6 Å². The number of aromatic nitrogens is 1. The van der Waals surface area contributed by atoms with Crippen LogP contribution in [0.25, 0.3) is 0 Å². The molecule has 2 aromatic rings. The second-order valence-electron chi connectivity index (χ2n) is 6.34. The molecule has 0 unspecified atom stereocenters. The van der Waals surface area contributed by atoms with Crippen molar-refractivity contribution in [3.05, 3.63) is 59.9 Å². The van der Waals surface area contributed by atoms with E-state index in [0.29, 0.717) is 0 Å². The van der Waals surface area contributed by atoms with Gasteiger partial charge in [-0.25, -0.2) is 4.79 Å². The lowest BCUT2D eigenvalue weighted by molar-refractivity contribution is -0.287. The summed E-state index contributed by atoms with van der Waals surface area (Å²) in [6.07, 6.45) is -3.23. The van der Waals surface area contributed by atoms with Crippen LogP contribution in [0.1, 0.15) is 22.0 Å². The maximum Gasteiger partial charge on any atom is 0.437 e. The maximum absolute atomic E-state index is 13.8. The van der Waals surface area contributed by atoms with Crippen LogP contribution in [0.5, 0.6) is 5.75 Å². The van der Waals surface area contributed by atoms with Gasteiger partial charge in [0.1, 0.15) is 11.7 Å². The molecule has 1 fully saturated rings. The quantitative estimate of drug-likeness (QED) is 0.500. The Hall–Kier alpha value is -3.28.